The summed E-state index contributed by atoms with van der Waals surface area (Å²) in [5.41, 5.74) is 1.56. The molecule has 3 nitrogen and oxygen atoms in total. The summed E-state index contributed by atoms with van der Waals surface area (Å²) in [4.78, 5) is 4.75. The van der Waals surface area contributed by atoms with Crippen LogP contribution >= 0.6 is 0 Å². The number of hydrogen-bond acceptors (Lipinski definition) is 3. The van der Waals surface area contributed by atoms with E-state index in [0.29, 0.717) is 5.56 Å². The number of aliphatic hydroxyl groups excluding tert-OH is 1. The van der Waals surface area contributed by atoms with Gasteiger partial charge in [0.2, 0.25) is 0 Å². The average Bonchev–Trinajstić information content (AvgIpc) is 2.43. The standard InChI is InChI=1S/C17H23FN2O/c1-17(2)13-20(9-8-19(17)3)12-14-6-7-16(18)15(11-14)5-4-10-21/h6-7,11,21H,8-10,12-13H2,1-3H3. The van der Waals surface area contributed by atoms with Crippen LogP contribution in [0, 0.1) is 17.7 Å². The van der Waals surface area contributed by atoms with Crippen molar-refractivity contribution in [2.45, 2.75) is 25.9 Å². The third-order valence-electron chi connectivity index (χ3n) is 4.13. The quantitative estimate of drug-likeness (QED) is 0.840. The van der Waals surface area contributed by atoms with E-state index in [1.165, 1.54) is 6.07 Å². The molecule has 114 valence electrons. The molecule has 4 heteroatoms. The molecule has 1 aromatic carbocycles. The second kappa shape index (κ2) is 6.57. The van der Waals surface area contributed by atoms with E-state index in [-0.39, 0.29) is 18.0 Å². The second-order valence-corrected chi connectivity index (χ2v) is 6.22. The molecule has 0 spiro atoms. The zero-order chi connectivity index (χ0) is 15.5. The molecule has 0 aromatic heterocycles. The number of halogens is 1. The lowest BCUT2D eigenvalue weighted by atomic mass is 9.99. The topological polar surface area (TPSA) is 26.7 Å². The Kier molecular flexibility index (Phi) is 5.00. The van der Waals surface area contributed by atoms with Gasteiger partial charge in [-0.2, -0.15) is 0 Å². The van der Waals surface area contributed by atoms with E-state index in [4.69, 9.17) is 5.11 Å². The predicted octanol–water partition coefficient (Wildman–Crippen LogP) is 1.70. The molecule has 0 atom stereocenters. The molecule has 0 amide bonds. The molecule has 1 aliphatic heterocycles. The third kappa shape index (κ3) is 4.04. The minimum atomic E-state index is -0.335. The number of rotatable bonds is 2. The highest BCUT2D eigenvalue weighted by Crippen LogP contribution is 2.21. The van der Waals surface area contributed by atoms with Crippen molar-refractivity contribution >= 4 is 0 Å². The van der Waals surface area contributed by atoms with Crippen LogP contribution in [0.2, 0.25) is 0 Å². The summed E-state index contributed by atoms with van der Waals surface area (Å²) in [7, 11) is 2.15. The van der Waals surface area contributed by atoms with Crippen molar-refractivity contribution < 1.29 is 9.50 Å². The predicted molar refractivity (Wildman–Crippen MR) is 82.3 cm³/mol. The van der Waals surface area contributed by atoms with Gasteiger partial charge in [-0.25, -0.2) is 4.39 Å². The fourth-order valence-corrected chi connectivity index (χ4v) is 2.64. The van der Waals surface area contributed by atoms with Gasteiger partial charge in [0.1, 0.15) is 12.4 Å². The molecular formula is C17H23FN2O. The van der Waals surface area contributed by atoms with Crippen LogP contribution in [-0.2, 0) is 6.54 Å². The summed E-state index contributed by atoms with van der Waals surface area (Å²) in [6.45, 7) is 8.05. The summed E-state index contributed by atoms with van der Waals surface area (Å²) >= 11 is 0. The molecule has 0 bridgehead atoms. The van der Waals surface area contributed by atoms with Gasteiger partial charge < -0.3 is 5.11 Å². The highest BCUT2D eigenvalue weighted by atomic mass is 19.1. The van der Waals surface area contributed by atoms with Gasteiger partial charge in [-0.05, 0) is 38.6 Å². The van der Waals surface area contributed by atoms with Crippen molar-refractivity contribution in [2.75, 3.05) is 33.3 Å². The van der Waals surface area contributed by atoms with Crippen LogP contribution in [0.3, 0.4) is 0 Å². The summed E-state index contributed by atoms with van der Waals surface area (Å²) in [5.74, 6) is 4.83. The van der Waals surface area contributed by atoms with Gasteiger partial charge in [-0.3, -0.25) is 9.80 Å². The molecule has 1 heterocycles. The number of likely N-dealkylation sites (N-methyl/N-ethyl adjacent to an activating group) is 1. The summed E-state index contributed by atoms with van der Waals surface area (Å²) in [5, 5.41) is 8.72. The van der Waals surface area contributed by atoms with Crippen molar-refractivity contribution in [3.63, 3.8) is 0 Å². The van der Waals surface area contributed by atoms with Gasteiger partial charge in [0.15, 0.2) is 0 Å². The van der Waals surface area contributed by atoms with Crippen LogP contribution in [0.15, 0.2) is 18.2 Å². The Hall–Kier alpha value is -1.41. The first-order valence-corrected chi connectivity index (χ1v) is 7.24. The van der Waals surface area contributed by atoms with Gasteiger partial charge >= 0.3 is 0 Å². The van der Waals surface area contributed by atoms with Crippen LogP contribution in [0.4, 0.5) is 4.39 Å². The van der Waals surface area contributed by atoms with Crippen LogP contribution < -0.4 is 0 Å². The highest BCUT2D eigenvalue weighted by Gasteiger charge is 2.30. The van der Waals surface area contributed by atoms with Gasteiger partial charge in [0.05, 0.1) is 5.56 Å². The van der Waals surface area contributed by atoms with Crippen molar-refractivity contribution in [1.82, 2.24) is 9.80 Å². The summed E-state index contributed by atoms with van der Waals surface area (Å²) < 4.78 is 13.6. The first-order chi connectivity index (χ1) is 9.92. The maximum Gasteiger partial charge on any atom is 0.138 e. The summed E-state index contributed by atoms with van der Waals surface area (Å²) in [6, 6.07) is 5.05. The second-order valence-electron chi connectivity index (χ2n) is 6.22. The van der Waals surface area contributed by atoms with Gasteiger partial charge in [0.25, 0.3) is 0 Å². The minimum Gasteiger partial charge on any atom is -0.384 e. The van der Waals surface area contributed by atoms with Crippen molar-refractivity contribution in [2.24, 2.45) is 0 Å². The first kappa shape index (κ1) is 16.0. The molecule has 0 aliphatic carbocycles. The number of hydrogen-bond donors (Lipinski definition) is 1. The fourth-order valence-electron chi connectivity index (χ4n) is 2.64. The summed E-state index contributed by atoms with van der Waals surface area (Å²) in [6.07, 6.45) is 0. The van der Waals surface area contributed by atoms with E-state index >= 15 is 0 Å². The molecular weight excluding hydrogens is 267 g/mol. The molecule has 21 heavy (non-hydrogen) atoms. The van der Waals surface area contributed by atoms with Gasteiger partial charge in [-0.1, -0.05) is 17.9 Å². The fraction of sp³-hybridized carbons (Fsp3) is 0.529. The lowest BCUT2D eigenvalue weighted by molar-refractivity contribution is 0.0360. The van der Waals surface area contributed by atoms with Crippen LogP contribution in [-0.4, -0.2) is 53.7 Å². The zero-order valence-electron chi connectivity index (χ0n) is 13.0. The van der Waals surface area contributed by atoms with E-state index < -0.39 is 0 Å². The minimum absolute atomic E-state index is 0.151. The normalized spacial score (nSPS) is 19.1. The van der Waals surface area contributed by atoms with Gasteiger partial charge in [-0.15, -0.1) is 0 Å². The smallest absolute Gasteiger partial charge is 0.138 e. The Balaban J connectivity index is 2.10. The molecule has 2 rings (SSSR count). The Morgan fingerprint density at radius 1 is 1.33 bits per heavy atom. The van der Waals surface area contributed by atoms with Crippen molar-refractivity contribution in [3.8, 4) is 11.8 Å². The first-order valence-electron chi connectivity index (χ1n) is 7.24. The SMILES string of the molecule is CN1CCN(Cc2ccc(F)c(C#CCO)c2)CC1(C)C. The molecule has 1 aromatic rings. The zero-order valence-corrected chi connectivity index (χ0v) is 13.0. The number of aliphatic hydroxyl groups is 1. The molecule has 0 saturated carbocycles. The monoisotopic (exact) mass is 290 g/mol. The van der Waals surface area contributed by atoms with E-state index in [9.17, 15) is 4.39 Å². The maximum absolute atomic E-state index is 13.6. The Morgan fingerprint density at radius 2 is 2.10 bits per heavy atom. The van der Waals surface area contributed by atoms with Gasteiger partial charge in [0, 0.05) is 31.7 Å². The lowest BCUT2D eigenvalue weighted by Gasteiger charge is -2.45. The molecule has 0 unspecified atom stereocenters. The highest BCUT2D eigenvalue weighted by molar-refractivity contribution is 5.38. The number of nitrogens with zero attached hydrogens (tertiary/aromatic N) is 2. The van der Waals surface area contributed by atoms with Crippen molar-refractivity contribution in [1.29, 1.82) is 0 Å². The van der Waals surface area contributed by atoms with Crippen LogP contribution in [0.5, 0.6) is 0 Å². The molecule has 0 radical (unpaired) electrons. The molecule has 1 fully saturated rings. The lowest BCUT2D eigenvalue weighted by Crippen LogP contribution is -2.57. The third-order valence-corrected chi connectivity index (χ3v) is 4.13. The number of benzene rings is 1. The van der Waals surface area contributed by atoms with E-state index in [2.05, 4.69) is 42.5 Å². The largest absolute Gasteiger partial charge is 0.384 e. The Bertz CT molecular complexity index is 560. The molecule has 1 aliphatic rings. The van der Waals surface area contributed by atoms with Crippen LogP contribution in [0.1, 0.15) is 25.0 Å². The number of piperazine rings is 1. The van der Waals surface area contributed by atoms with Crippen LogP contribution in [0.25, 0.3) is 0 Å². The Morgan fingerprint density at radius 3 is 2.76 bits per heavy atom. The van der Waals surface area contributed by atoms with E-state index in [1.54, 1.807) is 6.07 Å². The van der Waals surface area contributed by atoms with E-state index in [0.717, 1.165) is 31.7 Å². The molecule has 1 saturated heterocycles. The Labute approximate surface area is 126 Å². The maximum atomic E-state index is 13.6. The average molecular weight is 290 g/mol. The van der Waals surface area contributed by atoms with Crippen molar-refractivity contribution in [3.05, 3.63) is 35.1 Å². The van der Waals surface area contributed by atoms with E-state index in [1.807, 2.05) is 6.07 Å². The molecule has 1 N–H and O–H groups in total.